The molecule has 1 aliphatic heterocycles. The molecule has 5 nitrogen and oxygen atoms in total. The number of likely N-dealkylation sites (tertiary alicyclic amines) is 1. The molecule has 0 saturated carbocycles. The van der Waals surface area contributed by atoms with Crippen LogP contribution in [0.2, 0.25) is 0 Å². The van der Waals surface area contributed by atoms with Crippen LogP contribution >= 0.6 is 0 Å². The maximum atomic E-state index is 14.2. The highest BCUT2D eigenvalue weighted by atomic mass is 19.1. The number of halogens is 1. The molecule has 0 spiro atoms. The summed E-state index contributed by atoms with van der Waals surface area (Å²) in [5, 5.41) is 0. The third-order valence-electron chi connectivity index (χ3n) is 7.57. The number of hydrogen-bond acceptors (Lipinski definition) is 4. The molecule has 1 saturated heterocycles. The maximum absolute atomic E-state index is 14.2. The van der Waals surface area contributed by atoms with Crippen molar-refractivity contribution in [3.05, 3.63) is 132 Å². The zero-order valence-corrected chi connectivity index (χ0v) is 22.9. The first-order valence-corrected chi connectivity index (χ1v) is 13.8. The van der Waals surface area contributed by atoms with E-state index < -0.39 is 0 Å². The number of benzene rings is 3. The van der Waals surface area contributed by atoms with E-state index in [4.69, 9.17) is 0 Å². The Morgan fingerprint density at radius 2 is 1.52 bits per heavy atom. The molecule has 5 rings (SSSR count). The van der Waals surface area contributed by atoms with E-state index >= 15 is 0 Å². The first kappa shape index (κ1) is 27.3. The standard InChI is InChI=1S/C34H35FN4O/c1-37(31-17-21-36-22-18-31)30-14-11-28(12-15-30)26-39(34(40)16-13-29-9-5-6-10-33(29)35)32-19-23-38(24-20-32)25-27-7-3-2-4-8-27/h2-18,21-22,32H,19-20,23-26H2,1H3. The van der Waals surface area contributed by atoms with Gasteiger partial charge in [-0.1, -0.05) is 60.7 Å². The second-order valence-electron chi connectivity index (χ2n) is 10.2. The van der Waals surface area contributed by atoms with Crippen molar-refractivity contribution in [2.45, 2.75) is 32.0 Å². The van der Waals surface area contributed by atoms with E-state index in [9.17, 15) is 9.18 Å². The van der Waals surface area contributed by atoms with E-state index in [1.807, 2.05) is 30.1 Å². The lowest BCUT2D eigenvalue weighted by atomic mass is 10.0. The van der Waals surface area contributed by atoms with Gasteiger partial charge in [0.2, 0.25) is 5.91 Å². The Morgan fingerprint density at radius 3 is 2.23 bits per heavy atom. The molecule has 3 aromatic carbocycles. The topological polar surface area (TPSA) is 39.7 Å². The molecule has 40 heavy (non-hydrogen) atoms. The van der Waals surface area contributed by atoms with Gasteiger partial charge in [0.05, 0.1) is 0 Å². The van der Waals surface area contributed by atoms with Crippen molar-refractivity contribution in [2.75, 3.05) is 25.0 Å². The van der Waals surface area contributed by atoms with Gasteiger partial charge in [0.15, 0.2) is 0 Å². The van der Waals surface area contributed by atoms with E-state index in [0.29, 0.717) is 12.1 Å². The van der Waals surface area contributed by atoms with Crippen LogP contribution in [0.4, 0.5) is 15.8 Å². The number of carbonyl (C=O) groups is 1. The number of anilines is 2. The number of amides is 1. The summed E-state index contributed by atoms with van der Waals surface area (Å²) in [5.41, 5.74) is 4.89. The van der Waals surface area contributed by atoms with Gasteiger partial charge in [-0.15, -0.1) is 0 Å². The van der Waals surface area contributed by atoms with Crippen LogP contribution in [0.15, 0.2) is 109 Å². The molecule has 4 aromatic rings. The van der Waals surface area contributed by atoms with Crippen molar-refractivity contribution in [3.8, 4) is 0 Å². The van der Waals surface area contributed by atoms with E-state index in [-0.39, 0.29) is 17.8 Å². The minimum Gasteiger partial charge on any atom is -0.345 e. The Balaban J connectivity index is 1.30. The molecule has 0 unspecified atom stereocenters. The van der Waals surface area contributed by atoms with Crippen molar-refractivity contribution in [2.24, 2.45) is 0 Å². The molecule has 0 atom stereocenters. The first-order valence-electron chi connectivity index (χ1n) is 13.8. The van der Waals surface area contributed by atoms with Gasteiger partial charge in [-0.2, -0.15) is 0 Å². The quantitative estimate of drug-likeness (QED) is 0.224. The van der Waals surface area contributed by atoms with Crippen molar-refractivity contribution >= 4 is 23.4 Å². The summed E-state index contributed by atoms with van der Waals surface area (Å²) < 4.78 is 14.2. The maximum Gasteiger partial charge on any atom is 0.247 e. The van der Waals surface area contributed by atoms with Crippen LogP contribution in [0.5, 0.6) is 0 Å². The molecular weight excluding hydrogens is 499 g/mol. The van der Waals surface area contributed by atoms with E-state index in [1.54, 1.807) is 36.7 Å². The summed E-state index contributed by atoms with van der Waals surface area (Å²) in [6.07, 6.45) is 8.46. The normalized spacial score (nSPS) is 14.3. The lowest BCUT2D eigenvalue weighted by Crippen LogP contribution is -2.46. The third-order valence-corrected chi connectivity index (χ3v) is 7.57. The molecule has 0 radical (unpaired) electrons. The summed E-state index contributed by atoms with van der Waals surface area (Å²) in [6.45, 7) is 3.27. The number of nitrogens with zero attached hydrogens (tertiary/aromatic N) is 4. The summed E-state index contributed by atoms with van der Waals surface area (Å²) in [5.74, 6) is -0.427. The highest BCUT2D eigenvalue weighted by molar-refractivity contribution is 5.92. The van der Waals surface area contributed by atoms with Crippen LogP contribution in [0.3, 0.4) is 0 Å². The average molecular weight is 535 g/mol. The van der Waals surface area contributed by atoms with Gasteiger partial charge in [-0.25, -0.2) is 4.39 Å². The van der Waals surface area contributed by atoms with Crippen LogP contribution in [0.1, 0.15) is 29.5 Å². The Bertz CT molecular complexity index is 1400. The average Bonchev–Trinajstić information content (AvgIpc) is 3.01. The number of piperidine rings is 1. The highest BCUT2D eigenvalue weighted by Gasteiger charge is 2.27. The van der Waals surface area contributed by atoms with Gasteiger partial charge in [-0.05, 0) is 60.4 Å². The second kappa shape index (κ2) is 13.2. The van der Waals surface area contributed by atoms with Crippen molar-refractivity contribution in [1.82, 2.24) is 14.8 Å². The van der Waals surface area contributed by atoms with Gasteiger partial charge < -0.3 is 9.80 Å². The fourth-order valence-corrected chi connectivity index (χ4v) is 5.22. The van der Waals surface area contributed by atoms with Crippen LogP contribution < -0.4 is 4.90 Å². The minimum atomic E-state index is -0.332. The Labute approximate surface area is 236 Å². The van der Waals surface area contributed by atoms with Crippen molar-refractivity contribution in [3.63, 3.8) is 0 Å². The van der Waals surface area contributed by atoms with Crippen LogP contribution in [-0.2, 0) is 17.9 Å². The smallest absolute Gasteiger partial charge is 0.247 e. The first-order chi connectivity index (χ1) is 19.6. The molecule has 1 aromatic heterocycles. The molecular formula is C34H35FN4O. The predicted octanol–water partition coefficient (Wildman–Crippen LogP) is 6.70. The largest absolute Gasteiger partial charge is 0.345 e. The fourth-order valence-electron chi connectivity index (χ4n) is 5.22. The lowest BCUT2D eigenvalue weighted by Gasteiger charge is -2.38. The Kier molecular flexibility index (Phi) is 8.99. The summed E-state index contributed by atoms with van der Waals surface area (Å²) in [4.78, 5) is 24.2. The van der Waals surface area contributed by atoms with Crippen molar-refractivity contribution in [1.29, 1.82) is 0 Å². The molecule has 0 bridgehead atoms. The molecule has 0 aliphatic carbocycles. The Hall–Kier alpha value is -4.29. The predicted molar refractivity (Wildman–Crippen MR) is 159 cm³/mol. The Morgan fingerprint density at radius 1 is 0.875 bits per heavy atom. The van der Waals surface area contributed by atoms with Crippen LogP contribution in [-0.4, -0.2) is 46.9 Å². The van der Waals surface area contributed by atoms with Gasteiger partial charge in [0.25, 0.3) is 0 Å². The summed E-state index contributed by atoms with van der Waals surface area (Å²) >= 11 is 0. The third kappa shape index (κ3) is 7.01. The number of aromatic nitrogens is 1. The summed E-state index contributed by atoms with van der Waals surface area (Å²) in [6, 6.07) is 29.4. The van der Waals surface area contributed by atoms with Crippen LogP contribution in [0.25, 0.3) is 6.08 Å². The van der Waals surface area contributed by atoms with Gasteiger partial charge in [0, 0.05) is 74.7 Å². The molecule has 2 heterocycles. The van der Waals surface area contributed by atoms with E-state index in [1.165, 1.54) is 17.7 Å². The van der Waals surface area contributed by atoms with E-state index in [2.05, 4.69) is 63.3 Å². The number of hydrogen-bond donors (Lipinski definition) is 0. The van der Waals surface area contributed by atoms with Crippen molar-refractivity contribution < 1.29 is 9.18 Å². The number of carbonyl (C=O) groups excluding carboxylic acids is 1. The fraction of sp³-hybridized carbons (Fsp3) is 0.235. The zero-order valence-electron chi connectivity index (χ0n) is 22.9. The number of pyridine rings is 1. The highest BCUT2D eigenvalue weighted by Crippen LogP contribution is 2.25. The van der Waals surface area contributed by atoms with Gasteiger partial charge in [0.1, 0.15) is 5.82 Å². The minimum absolute atomic E-state index is 0.0947. The second-order valence-corrected chi connectivity index (χ2v) is 10.2. The molecule has 1 aliphatic rings. The molecule has 204 valence electrons. The number of rotatable bonds is 9. The van der Waals surface area contributed by atoms with Gasteiger partial charge >= 0.3 is 0 Å². The molecule has 1 fully saturated rings. The van der Waals surface area contributed by atoms with Crippen LogP contribution in [0, 0.1) is 5.82 Å². The zero-order chi connectivity index (χ0) is 27.7. The monoisotopic (exact) mass is 534 g/mol. The molecule has 6 heteroatoms. The molecule has 1 amide bonds. The lowest BCUT2D eigenvalue weighted by molar-refractivity contribution is -0.130. The van der Waals surface area contributed by atoms with Gasteiger partial charge in [-0.3, -0.25) is 14.7 Å². The van der Waals surface area contributed by atoms with E-state index in [0.717, 1.165) is 49.4 Å². The molecule has 0 N–H and O–H groups in total. The summed E-state index contributed by atoms with van der Waals surface area (Å²) in [7, 11) is 2.02. The SMILES string of the molecule is CN(c1ccncc1)c1ccc(CN(C(=O)C=Cc2ccccc2F)C2CCN(Cc3ccccc3)CC2)cc1.